The first-order chi connectivity index (χ1) is 18.3. The van der Waals surface area contributed by atoms with Crippen molar-refractivity contribution in [2.24, 2.45) is 11.3 Å². The number of likely N-dealkylation sites (tertiary alicyclic amines) is 1. The number of methoxy groups -OCH3 is 1. The van der Waals surface area contributed by atoms with Crippen LogP contribution in [0.2, 0.25) is 0 Å². The smallest absolute Gasteiger partial charge is 0.303 e. The number of rotatable bonds is 6. The van der Waals surface area contributed by atoms with Gasteiger partial charge in [-0.2, -0.15) is 0 Å². The standard InChI is InChI=1S/C30H36N2O6/c1-29(13-12-25(33)34)23-16-30(19-37-26(23)22-6-5-7-24(36-2)27(22)38-29)17-32(18-30)28(35)20-8-10-21(11-9-20)31-14-3-4-15-31/h5-11,23,26H,3-4,12-19H2,1-2H3,(H,33,34)/t23-,26+,29-/m1/s1. The third-order valence-corrected chi connectivity index (χ3v) is 9.00. The number of amides is 1. The second-order valence-corrected chi connectivity index (χ2v) is 11.6. The fraction of sp³-hybridized carbons (Fsp3) is 0.533. The first-order valence-electron chi connectivity index (χ1n) is 13.6. The maximum Gasteiger partial charge on any atom is 0.303 e. The molecule has 3 fully saturated rings. The predicted molar refractivity (Wildman–Crippen MR) is 142 cm³/mol. The highest BCUT2D eigenvalue weighted by atomic mass is 16.5. The lowest BCUT2D eigenvalue weighted by Gasteiger charge is -2.59. The summed E-state index contributed by atoms with van der Waals surface area (Å²) >= 11 is 0. The van der Waals surface area contributed by atoms with Gasteiger partial charge in [-0.3, -0.25) is 9.59 Å². The van der Waals surface area contributed by atoms with Crippen molar-refractivity contribution >= 4 is 17.6 Å². The molecule has 38 heavy (non-hydrogen) atoms. The molecule has 8 heteroatoms. The third kappa shape index (κ3) is 4.28. The number of hydrogen-bond acceptors (Lipinski definition) is 6. The summed E-state index contributed by atoms with van der Waals surface area (Å²) in [4.78, 5) is 29.0. The SMILES string of the molecule is COc1cccc2c1O[C@](C)(CCC(=O)O)[C@@H]1CC3(CO[C@@H]21)CN(C(=O)c1ccc(N2CCCC2)cc1)C3. The van der Waals surface area contributed by atoms with E-state index < -0.39 is 11.6 Å². The number of fused-ring (bicyclic) bond motifs is 3. The van der Waals surface area contributed by atoms with Crippen molar-refractivity contribution in [3.05, 3.63) is 53.6 Å². The summed E-state index contributed by atoms with van der Waals surface area (Å²) in [6, 6.07) is 13.8. The van der Waals surface area contributed by atoms with Gasteiger partial charge in [0.15, 0.2) is 11.5 Å². The first-order valence-corrected chi connectivity index (χ1v) is 13.6. The van der Waals surface area contributed by atoms with Gasteiger partial charge in [0.2, 0.25) is 0 Å². The van der Waals surface area contributed by atoms with Crippen molar-refractivity contribution < 1.29 is 28.9 Å². The molecule has 0 aromatic heterocycles. The highest BCUT2D eigenvalue weighted by Gasteiger charge is 2.58. The molecule has 2 aromatic rings. The second kappa shape index (κ2) is 9.49. The molecule has 0 bridgehead atoms. The molecule has 3 saturated heterocycles. The molecule has 6 rings (SSSR count). The number of para-hydroxylation sites is 1. The summed E-state index contributed by atoms with van der Waals surface area (Å²) in [5.74, 6) is 0.437. The van der Waals surface area contributed by atoms with Crippen molar-refractivity contribution in [2.75, 3.05) is 44.8 Å². The molecule has 4 aliphatic heterocycles. The van der Waals surface area contributed by atoms with Crippen LogP contribution in [0.15, 0.2) is 42.5 Å². The molecule has 4 aliphatic rings. The third-order valence-electron chi connectivity index (χ3n) is 9.00. The average Bonchev–Trinajstić information content (AvgIpc) is 3.45. The van der Waals surface area contributed by atoms with E-state index in [-0.39, 0.29) is 29.8 Å². The number of carboxylic acid groups (broad SMARTS) is 1. The van der Waals surface area contributed by atoms with Crippen LogP contribution >= 0.6 is 0 Å². The van der Waals surface area contributed by atoms with Crippen LogP contribution in [0.1, 0.15) is 61.1 Å². The number of aliphatic carboxylic acids is 1. The van der Waals surface area contributed by atoms with Crippen molar-refractivity contribution in [1.82, 2.24) is 4.90 Å². The Bertz CT molecular complexity index is 1220. The quantitative estimate of drug-likeness (QED) is 0.599. The maximum absolute atomic E-state index is 13.3. The second-order valence-electron chi connectivity index (χ2n) is 11.6. The van der Waals surface area contributed by atoms with Crippen molar-refractivity contribution in [2.45, 2.75) is 50.7 Å². The Morgan fingerprint density at radius 1 is 1.11 bits per heavy atom. The van der Waals surface area contributed by atoms with Crippen LogP contribution in [0.4, 0.5) is 5.69 Å². The Kier molecular flexibility index (Phi) is 6.25. The number of benzene rings is 2. The molecule has 1 amide bonds. The Morgan fingerprint density at radius 2 is 1.84 bits per heavy atom. The molecule has 4 heterocycles. The van der Waals surface area contributed by atoms with E-state index >= 15 is 0 Å². The van der Waals surface area contributed by atoms with Gasteiger partial charge in [-0.05, 0) is 62.9 Å². The number of ether oxygens (including phenoxy) is 3. The largest absolute Gasteiger partial charge is 0.493 e. The first kappa shape index (κ1) is 25.0. The molecule has 3 atom stereocenters. The monoisotopic (exact) mass is 520 g/mol. The molecule has 8 nitrogen and oxygen atoms in total. The van der Waals surface area contributed by atoms with Crippen molar-refractivity contribution in [1.29, 1.82) is 0 Å². The molecular weight excluding hydrogens is 484 g/mol. The number of hydrogen-bond donors (Lipinski definition) is 1. The molecule has 1 spiro atoms. The highest BCUT2D eigenvalue weighted by molar-refractivity contribution is 5.95. The Hall–Kier alpha value is -3.26. The molecule has 202 valence electrons. The van der Waals surface area contributed by atoms with Crippen LogP contribution in [0.5, 0.6) is 11.5 Å². The van der Waals surface area contributed by atoms with Gasteiger partial charge in [0, 0.05) is 60.7 Å². The van der Waals surface area contributed by atoms with Gasteiger partial charge in [0.25, 0.3) is 5.91 Å². The van der Waals surface area contributed by atoms with Gasteiger partial charge in [0.1, 0.15) is 5.60 Å². The number of carboxylic acids is 1. The molecular formula is C30H36N2O6. The normalized spacial score (nSPS) is 27.2. The number of nitrogens with zero attached hydrogens (tertiary/aromatic N) is 2. The van der Waals surface area contributed by atoms with E-state index in [9.17, 15) is 14.7 Å². The van der Waals surface area contributed by atoms with Gasteiger partial charge < -0.3 is 29.1 Å². The minimum absolute atomic E-state index is 0.00916. The van der Waals surface area contributed by atoms with Gasteiger partial charge in [-0.25, -0.2) is 0 Å². The molecule has 1 N–H and O–H groups in total. The van der Waals surface area contributed by atoms with E-state index in [1.54, 1.807) is 7.11 Å². The van der Waals surface area contributed by atoms with Crippen LogP contribution < -0.4 is 14.4 Å². The van der Waals surface area contributed by atoms with Crippen LogP contribution in [0.3, 0.4) is 0 Å². The average molecular weight is 521 g/mol. The van der Waals surface area contributed by atoms with Gasteiger partial charge in [-0.1, -0.05) is 12.1 Å². The zero-order valence-electron chi connectivity index (χ0n) is 22.2. The topological polar surface area (TPSA) is 88.5 Å². The summed E-state index contributed by atoms with van der Waals surface area (Å²) in [5.41, 5.74) is 1.96. The van der Waals surface area contributed by atoms with Crippen molar-refractivity contribution in [3.63, 3.8) is 0 Å². The summed E-state index contributed by atoms with van der Waals surface area (Å²) in [6.07, 6.45) is 3.42. The zero-order chi connectivity index (χ0) is 26.5. The highest BCUT2D eigenvalue weighted by Crippen LogP contribution is 2.58. The van der Waals surface area contributed by atoms with E-state index in [0.717, 1.165) is 25.1 Å². The minimum atomic E-state index is -0.847. The summed E-state index contributed by atoms with van der Waals surface area (Å²) in [7, 11) is 1.61. The fourth-order valence-electron chi connectivity index (χ4n) is 6.89. The fourth-order valence-corrected chi connectivity index (χ4v) is 6.89. The lowest BCUT2D eigenvalue weighted by Crippen LogP contribution is -2.65. The van der Waals surface area contributed by atoms with E-state index in [4.69, 9.17) is 14.2 Å². The van der Waals surface area contributed by atoms with Crippen LogP contribution in [-0.4, -0.2) is 67.4 Å². The lowest BCUT2D eigenvalue weighted by molar-refractivity contribution is -0.198. The van der Waals surface area contributed by atoms with Crippen LogP contribution in [-0.2, 0) is 9.53 Å². The predicted octanol–water partition coefficient (Wildman–Crippen LogP) is 4.53. The zero-order valence-corrected chi connectivity index (χ0v) is 22.2. The molecule has 0 unspecified atom stereocenters. The van der Waals surface area contributed by atoms with Gasteiger partial charge in [-0.15, -0.1) is 0 Å². The molecule has 0 saturated carbocycles. The number of anilines is 1. The van der Waals surface area contributed by atoms with Crippen LogP contribution in [0, 0.1) is 11.3 Å². The maximum atomic E-state index is 13.3. The van der Waals surface area contributed by atoms with E-state index in [1.807, 2.05) is 42.2 Å². The van der Waals surface area contributed by atoms with E-state index in [2.05, 4.69) is 17.0 Å². The molecule has 0 aliphatic carbocycles. The van der Waals surface area contributed by atoms with Gasteiger partial charge >= 0.3 is 5.97 Å². The lowest BCUT2D eigenvalue weighted by atomic mass is 9.63. The molecule has 0 radical (unpaired) electrons. The Morgan fingerprint density at radius 3 is 2.53 bits per heavy atom. The number of carbonyl (C=O) groups is 2. The molecule has 2 aromatic carbocycles. The van der Waals surface area contributed by atoms with Crippen LogP contribution in [0.25, 0.3) is 0 Å². The summed E-state index contributed by atoms with van der Waals surface area (Å²) in [6.45, 7) is 5.96. The Balaban J connectivity index is 1.19. The Labute approximate surface area is 223 Å². The van der Waals surface area contributed by atoms with Crippen molar-refractivity contribution in [3.8, 4) is 11.5 Å². The van der Waals surface area contributed by atoms with E-state index in [1.165, 1.54) is 18.5 Å². The summed E-state index contributed by atoms with van der Waals surface area (Å²) < 4.78 is 18.7. The van der Waals surface area contributed by atoms with E-state index in [0.29, 0.717) is 43.2 Å². The summed E-state index contributed by atoms with van der Waals surface area (Å²) in [5, 5.41) is 9.44. The number of carbonyl (C=O) groups excluding carboxylic acids is 1. The minimum Gasteiger partial charge on any atom is -0.493 e. The van der Waals surface area contributed by atoms with Gasteiger partial charge in [0.05, 0.1) is 19.8 Å².